The molecule has 5 rings (SSSR count). The van der Waals surface area contributed by atoms with Crippen molar-refractivity contribution >= 4 is 34.3 Å². The highest BCUT2D eigenvalue weighted by atomic mass is 35.5. The third-order valence-electron chi connectivity index (χ3n) is 6.02. The number of nitriles is 1. The minimum atomic E-state index is -0.958. The molecule has 0 fully saturated rings. The largest absolute Gasteiger partial charge is 0.493 e. The van der Waals surface area contributed by atoms with Crippen LogP contribution in [0.15, 0.2) is 66.7 Å². The number of fused-ring (bicyclic) bond motifs is 2. The standard InChI is InChI=1S/C28H19ClN2O5/c29-19-4-8-24-17(11-19)1-5-20(31-24)13-25(32)16-2-6-21(7-3-16)36-26-14-27-23(12-18(26)15-30)22(28(33)34)9-10-35-27/h1-8,11-12,14,22H,9-10,13H2,(H,33,34). The normalized spacial score (nSPS) is 14.4. The molecule has 0 saturated heterocycles. The molecule has 1 atom stereocenters. The van der Waals surface area contributed by atoms with Crippen molar-refractivity contribution in [2.24, 2.45) is 0 Å². The Kier molecular flexibility index (Phi) is 6.28. The molecule has 1 unspecified atom stereocenters. The first-order chi connectivity index (χ1) is 17.4. The smallest absolute Gasteiger partial charge is 0.311 e. The van der Waals surface area contributed by atoms with Gasteiger partial charge in [0.1, 0.15) is 23.3 Å². The van der Waals surface area contributed by atoms with Crippen molar-refractivity contribution in [3.63, 3.8) is 0 Å². The number of rotatable bonds is 6. The number of halogens is 1. The van der Waals surface area contributed by atoms with Crippen LogP contribution in [-0.2, 0) is 11.2 Å². The number of aromatic nitrogens is 1. The van der Waals surface area contributed by atoms with Crippen molar-refractivity contribution < 1.29 is 24.2 Å². The number of aliphatic carboxylic acids is 1. The van der Waals surface area contributed by atoms with Gasteiger partial charge in [-0.15, -0.1) is 0 Å². The number of nitrogens with zero attached hydrogens (tertiary/aromatic N) is 2. The quantitative estimate of drug-likeness (QED) is 0.328. The Morgan fingerprint density at radius 2 is 1.92 bits per heavy atom. The van der Waals surface area contributed by atoms with Gasteiger partial charge in [-0.05, 0) is 61.0 Å². The summed E-state index contributed by atoms with van der Waals surface area (Å²) in [6.07, 6.45) is 0.482. The van der Waals surface area contributed by atoms with E-state index in [0.717, 1.165) is 10.9 Å². The Morgan fingerprint density at radius 3 is 2.67 bits per heavy atom. The Labute approximate surface area is 211 Å². The first-order valence-electron chi connectivity index (χ1n) is 11.2. The van der Waals surface area contributed by atoms with Gasteiger partial charge in [0.15, 0.2) is 5.78 Å². The predicted molar refractivity (Wildman–Crippen MR) is 133 cm³/mol. The maximum Gasteiger partial charge on any atom is 0.311 e. The van der Waals surface area contributed by atoms with Crippen LogP contribution in [-0.4, -0.2) is 28.4 Å². The zero-order valence-corrected chi connectivity index (χ0v) is 19.7. The monoisotopic (exact) mass is 498 g/mol. The molecule has 4 aromatic rings. The van der Waals surface area contributed by atoms with E-state index in [2.05, 4.69) is 11.1 Å². The molecule has 36 heavy (non-hydrogen) atoms. The van der Waals surface area contributed by atoms with Gasteiger partial charge in [-0.1, -0.05) is 17.7 Å². The average Bonchev–Trinajstić information content (AvgIpc) is 2.88. The summed E-state index contributed by atoms with van der Waals surface area (Å²) >= 11 is 6.02. The SMILES string of the molecule is N#Cc1cc2c(cc1Oc1ccc(C(=O)Cc3ccc4cc(Cl)ccc4n3)cc1)OCCC2C(=O)O. The second-order valence-electron chi connectivity index (χ2n) is 8.39. The highest BCUT2D eigenvalue weighted by Gasteiger charge is 2.29. The molecule has 1 aliphatic heterocycles. The summed E-state index contributed by atoms with van der Waals surface area (Å²) in [5.74, 6) is -0.714. The fraction of sp³-hybridized carbons (Fsp3) is 0.143. The molecule has 7 nitrogen and oxygen atoms in total. The lowest BCUT2D eigenvalue weighted by molar-refractivity contribution is -0.139. The van der Waals surface area contributed by atoms with E-state index in [0.29, 0.717) is 39.8 Å². The van der Waals surface area contributed by atoms with Gasteiger partial charge in [-0.2, -0.15) is 5.26 Å². The fourth-order valence-electron chi connectivity index (χ4n) is 4.19. The second kappa shape index (κ2) is 9.68. The van der Waals surface area contributed by atoms with Crippen LogP contribution in [0.1, 0.15) is 39.5 Å². The molecule has 2 heterocycles. The van der Waals surface area contributed by atoms with Gasteiger partial charge in [0, 0.05) is 33.3 Å². The van der Waals surface area contributed by atoms with Crippen LogP contribution in [0.5, 0.6) is 17.2 Å². The molecule has 178 valence electrons. The molecule has 0 radical (unpaired) electrons. The van der Waals surface area contributed by atoms with E-state index in [1.54, 1.807) is 36.4 Å². The number of Topliss-reactive ketones (excluding diaryl/α,β-unsaturated/α-hetero) is 1. The zero-order valence-electron chi connectivity index (χ0n) is 18.9. The second-order valence-corrected chi connectivity index (χ2v) is 8.83. The van der Waals surface area contributed by atoms with Crippen molar-refractivity contribution in [1.82, 2.24) is 4.98 Å². The number of carboxylic acid groups (broad SMARTS) is 1. The third kappa shape index (κ3) is 4.72. The molecule has 1 aliphatic rings. The van der Waals surface area contributed by atoms with E-state index >= 15 is 0 Å². The van der Waals surface area contributed by atoms with Crippen LogP contribution >= 0.6 is 11.6 Å². The minimum Gasteiger partial charge on any atom is -0.493 e. The van der Waals surface area contributed by atoms with Crippen molar-refractivity contribution in [2.75, 3.05) is 6.61 Å². The van der Waals surface area contributed by atoms with Crippen molar-refractivity contribution in [3.05, 3.63) is 94.1 Å². The zero-order chi connectivity index (χ0) is 25.2. The molecule has 0 saturated carbocycles. The highest BCUT2D eigenvalue weighted by Crippen LogP contribution is 2.39. The predicted octanol–water partition coefficient (Wildman–Crippen LogP) is 5.93. The molecular weight excluding hydrogens is 480 g/mol. The summed E-state index contributed by atoms with van der Waals surface area (Å²) in [6.45, 7) is 0.270. The van der Waals surface area contributed by atoms with Crippen LogP contribution in [0.2, 0.25) is 5.02 Å². The molecule has 1 aromatic heterocycles. The van der Waals surface area contributed by atoms with E-state index in [9.17, 15) is 20.0 Å². The van der Waals surface area contributed by atoms with E-state index < -0.39 is 11.9 Å². The number of ketones is 1. The summed E-state index contributed by atoms with van der Waals surface area (Å²) in [5.41, 5.74) is 2.59. The molecule has 0 bridgehead atoms. The maximum absolute atomic E-state index is 12.8. The van der Waals surface area contributed by atoms with Gasteiger partial charge in [-0.3, -0.25) is 14.6 Å². The summed E-state index contributed by atoms with van der Waals surface area (Å²) in [4.78, 5) is 28.9. The molecule has 0 aliphatic carbocycles. The summed E-state index contributed by atoms with van der Waals surface area (Å²) in [7, 11) is 0. The fourth-order valence-corrected chi connectivity index (χ4v) is 4.37. The number of hydrogen-bond donors (Lipinski definition) is 1. The number of carbonyl (C=O) groups is 2. The number of hydrogen-bond acceptors (Lipinski definition) is 6. The van der Waals surface area contributed by atoms with Crippen LogP contribution in [0.4, 0.5) is 0 Å². The number of carbonyl (C=O) groups excluding carboxylic acids is 1. The van der Waals surface area contributed by atoms with Crippen molar-refractivity contribution in [2.45, 2.75) is 18.8 Å². The summed E-state index contributed by atoms with van der Waals surface area (Å²) < 4.78 is 11.5. The van der Waals surface area contributed by atoms with Crippen LogP contribution in [0.3, 0.4) is 0 Å². The van der Waals surface area contributed by atoms with Crippen LogP contribution in [0, 0.1) is 11.3 Å². The van der Waals surface area contributed by atoms with E-state index in [1.807, 2.05) is 24.3 Å². The van der Waals surface area contributed by atoms with Gasteiger partial charge in [0.2, 0.25) is 0 Å². The molecular formula is C28H19ClN2O5. The third-order valence-corrected chi connectivity index (χ3v) is 6.26. The number of carboxylic acids is 1. The van der Waals surface area contributed by atoms with Gasteiger partial charge >= 0.3 is 5.97 Å². The molecule has 1 N–H and O–H groups in total. The van der Waals surface area contributed by atoms with E-state index in [-0.39, 0.29) is 30.1 Å². The molecule has 0 amide bonds. The topological polar surface area (TPSA) is 110 Å². The van der Waals surface area contributed by atoms with Crippen molar-refractivity contribution in [3.8, 4) is 23.3 Å². The highest BCUT2D eigenvalue weighted by molar-refractivity contribution is 6.31. The first kappa shape index (κ1) is 23.3. The Hall–Kier alpha value is -4.41. The Bertz CT molecular complexity index is 1540. The minimum absolute atomic E-state index is 0.0954. The summed E-state index contributed by atoms with van der Waals surface area (Å²) in [6, 6.07) is 20.8. The molecule has 0 spiro atoms. The summed E-state index contributed by atoms with van der Waals surface area (Å²) in [5, 5.41) is 20.6. The van der Waals surface area contributed by atoms with E-state index in [1.165, 1.54) is 6.07 Å². The van der Waals surface area contributed by atoms with E-state index in [4.69, 9.17) is 21.1 Å². The Morgan fingerprint density at radius 1 is 1.11 bits per heavy atom. The molecule has 8 heteroatoms. The van der Waals surface area contributed by atoms with Gasteiger partial charge in [0.25, 0.3) is 0 Å². The lowest BCUT2D eigenvalue weighted by atomic mass is 9.91. The first-order valence-corrected chi connectivity index (χ1v) is 11.6. The Balaban J connectivity index is 1.32. The lowest BCUT2D eigenvalue weighted by Crippen LogP contribution is -2.21. The number of pyridine rings is 1. The number of benzene rings is 3. The average molecular weight is 499 g/mol. The lowest BCUT2D eigenvalue weighted by Gasteiger charge is -2.24. The van der Waals surface area contributed by atoms with Gasteiger partial charge in [0.05, 0.1) is 30.0 Å². The van der Waals surface area contributed by atoms with Crippen LogP contribution < -0.4 is 9.47 Å². The molecule has 3 aromatic carbocycles. The van der Waals surface area contributed by atoms with Gasteiger partial charge in [-0.25, -0.2) is 0 Å². The van der Waals surface area contributed by atoms with Crippen LogP contribution in [0.25, 0.3) is 10.9 Å². The maximum atomic E-state index is 12.8. The number of ether oxygens (including phenoxy) is 2. The van der Waals surface area contributed by atoms with Crippen molar-refractivity contribution in [1.29, 1.82) is 5.26 Å². The van der Waals surface area contributed by atoms with Gasteiger partial charge < -0.3 is 14.6 Å².